The Hall–Kier alpha value is -2.74. The van der Waals surface area contributed by atoms with Gasteiger partial charge < -0.3 is 20.9 Å². The van der Waals surface area contributed by atoms with Gasteiger partial charge in [0.05, 0.1) is 36.2 Å². The highest BCUT2D eigenvalue weighted by molar-refractivity contribution is 7.89. The third kappa shape index (κ3) is 10.7. The molecule has 0 fully saturated rings. The van der Waals surface area contributed by atoms with Gasteiger partial charge in [-0.2, -0.15) is 4.31 Å². The van der Waals surface area contributed by atoms with Crippen LogP contribution in [0.25, 0.3) is 0 Å². The number of nitrogens with two attached hydrogens (primary N) is 1. The summed E-state index contributed by atoms with van der Waals surface area (Å²) in [4.78, 5) is 27.0. The lowest BCUT2D eigenvalue weighted by molar-refractivity contribution is -0.150. The molecule has 44 heavy (non-hydrogen) atoms. The van der Waals surface area contributed by atoms with E-state index in [1.165, 1.54) is 23.5 Å². The molecule has 0 saturated heterocycles. The number of hydrogen-bond donors (Lipinski definition) is 4. The summed E-state index contributed by atoms with van der Waals surface area (Å²) in [6.07, 6.45) is -0.645. The van der Waals surface area contributed by atoms with E-state index in [0.29, 0.717) is 12.2 Å². The molecule has 5 N–H and O–H groups in total. The number of hydrogen-bond acceptors (Lipinski definition) is 8. The fraction of sp³-hybridized carbons (Fsp3) is 0.548. The van der Waals surface area contributed by atoms with E-state index >= 15 is 0 Å². The Morgan fingerprint density at radius 3 is 2.09 bits per heavy atom. The average molecular weight is 656 g/mol. The molecule has 2 aromatic carbocycles. The summed E-state index contributed by atoms with van der Waals surface area (Å²) in [6, 6.07) is 12.6. The molecule has 11 nitrogen and oxygen atoms in total. The van der Waals surface area contributed by atoms with Gasteiger partial charge in [-0.1, -0.05) is 64.4 Å². The van der Waals surface area contributed by atoms with E-state index in [2.05, 4.69) is 10.7 Å². The Morgan fingerprint density at radius 2 is 1.59 bits per heavy atom. The minimum Gasteiger partial charge on any atom is -0.497 e. The Morgan fingerprint density at radius 1 is 1.00 bits per heavy atom. The van der Waals surface area contributed by atoms with Gasteiger partial charge in [0.25, 0.3) is 11.8 Å². The Labute approximate surface area is 268 Å². The van der Waals surface area contributed by atoms with Crippen LogP contribution in [0, 0.1) is 11.8 Å². The number of amides is 2. The molecular weight excluding hydrogens is 606 g/mol. The van der Waals surface area contributed by atoms with Gasteiger partial charge in [0.15, 0.2) is 0 Å². The largest absolute Gasteiger partial charge is 0.497 e. The maximum Gasteiger partial charge on any atom is 0.258 e. The monoisotopic (exact) mass is 655 g/mol. The number of aliphatic hydroxyl groups is 1. The average Bonchev–Trinajstić information content (AvgIpc) is 3.00. The molecule has 0 unspecified atom stereocenters. The number of carbonyl (C=O) groups excluding carboxylic acids is 2. The van der Waals surface area contributed by atoms with Gasteiger partial charge >= 0.3 is 0 Å². The molecule has 13 heteroatoms. The normalized spacial score (nSPS) is 15.1. The van der Waals surface area contributed by atoms with Crippen LogP contribution in [-0.2, 0) is 26.0 Å². The van der Waals surface area contributed by atoms with Crippen molar-refractivity contribution in [3.63, 3.8) is 0 Å². The Kier molecular flexibility index (Phi) is 16.3. The molecule has 0 saturated carbocycles. The van der Waals surface area contributed by atoms with Crippen molar-refractivity contribution in [2.45, 2.75) is 76.6 Å². The minimum absolute atomic E-state index is 0. The van der Waals surface area contributed by atoms with E-state index in [-0.39, 0.29) is 48.6 Å². The van der Waals surface area contributed by atoms with Gasteiger partial charge in [0, 0.05) is 13.1 Å². The first-order valence-corrected chi connectivity index (χ1v) is 16.1. The summed E-state index contributed by atoms with van der Waals surface area (Å²) in [5.74, 6) is -0.839. The van der Waals surface area contributed by atoms with Crippen LogP contribution in [0.15, 0.2) is 59.5 Å². The van der Waals surface area contributed by atoms with Crippen LogP contribution in [0.5, 0.6) is 5.75 Å². The molecule has 5 atom stereocenters. The van der Waals surface area contributed by atoms with E-state index in [9.17, 15) is 23.1 Å². The summed E-state index contributed by atoms with van der Waals surface area (Å²) in [5.41, 5.74) is 9.84. The zero-order valence-electron chi connectivity index (χ0n) is 26.8. The van der Waals surface area contributed by atoms with Crippen molar-refractivity contribution in [1.29, 1.82) is 0 Å². The Balaban J connectivity index is 0.00000968. The second-order valence-corrected chi connectivity index (χ2v) is 13.3. The van der Waals surface area contributed by atoms with Crippen molar-refractivity contribution in [2.24, 2.45) is 17.6 Å². The van der Waals surface area contributed by atoms with E-state index in [4.69, 9.17) is 10.5 Å². The maximum atomic E-state index is 13.9. The number of benzene rings is 2. The first kappa shape index (κ1) is 39.3. The highest BCUT2D eigenvalue weighted by atomic mass is 35.5. The van der Waals surface area contributed by atoms with Crippen molar-refractivity contribution < 1.29 is 27.9 Å². The number of aliphatic hydroxyl groups excluding tert-OH is 1. The lowest BCUT2D eigenvalue weighted by atomic mass is 9.96. The van der Waals surface area contributed by atoms with Crippen molar-refractivity contribution >= 4 is 34.2 Å². The predicted molar refractivity (Wildman–Crippen MR) is 175 cm³/mol. The van der Waals surface area contributed by atoms with Crippen LogP contribution < -0.4 is 21.2 Å². The van der Waals surface area contributed by atoms with Gasteiger partial charge in [0.2, 0.25) is 10.0 Å². The topological polar surface area (TPSA) is 154 Å². The van der Waals surface area contributed by atoms with E-state index in [1.54, 1.807) is 26.1 Å². The van der Waals surface area contributed by atoms with Gasteiger partial charge in [-0.15, -0.1) is 12.4 Å². The fourth-order valence-corrected chi connectivity index (χ4v) is 6.09. The molecule has 0 radical (unpaired) electrons. The standard InChI is InChI=1S/C31H49N5O6S.ClH/c1-8-22(4)29(32)31(39)36(34-30(38)23(5)33-6)27(18-24-12-10-9-11-13-24)28(37)20-35(19-21(2)3)43(40,41)26-16-14-25(42-7)15-17-26;/h9-17,21-23,27-29,33,37H,8,18-20,32H2,1-7H3,(H,34,38);1H/t22-,23+,27-,28+,29-;/m0./s1. The number of methoxy groups -OCH3 is 1. The molecule has 248 valence electrons. The molecule has 0 spiro atoms. The smallest absolute Gasteiger partial charge is 0.258 e. The molecule has 0 heterocycles. The molecule has 0 bridgehead atoms. The van der Waals surface area contributed by atoms with Crippen molar-refractivity contribution in [1.82, 2.24) is 20.1 Å². The number of halogens is 1. The van der Waals surface area contributed by atoms with Crippen LogP contribution in [0.4, 0.5) is 0 Å². The van der Waals surface area contributed by atoms with Gasteiger partial charge in [0.1, 0.15) is 5.75 Å². The van der Waals surface area contributed by atoms with Crippen molar-refractivity contribution in [2.75, 3.05) is 27.2 Å². The van der Waals surface area contributed by atoms with Crippen LogP contribution in [-0.4, -0.2) is 86.1 Å². The summed E-state index contributed by atoms with van der Waals surface area (Å²) in [5, 5.41) is 15.8. The minimum atomic E-state index is -4.05. The zero-order chi connectivity index (χ0) is 32.3. The number of nitrogens with one attached hydrogen (secondary N) is 2. The molecule has 0 aliphatic rings. The number of rotatable bonds is 16. The second-order valence-electron chi connectivity index (χ2n) is 11.3. The second kappa shape index (κ2) is 18.3. The third-order valence-electron chi connectivity index (χ3n) is 7.56. The predicted octanol–water partition coefficient (Wildman–Crippen LogP) is 2.58. The number of hydrazine groups is 1. The number of likely N-dealkylation sites (N-methyl/N-ethyl adjacent to an activating group) is 1. The van der Waals surface area contributed by atoms with E-state index in [0.717, 1.165) is 10.6 Å². The van der Waals surface area contributed by atoms with Crippen LogP contribution in [0.1, 0.15) is 46.6 Å². The summed E-state index contributed by atoms with van der Waals surface area (Å²) < 4.78 is 34.0. The quantitative estimate of drug-likeness (QED) is 0.201. The van der Waals surface area contributed by atoms with Gasteiger partial charge in [-0.3, -0.25) is 15.0 Å². The molecular formula is C31H50ClN5O6S. The number of sulfonamides is 1. The lowest BCUT2D eigenvalue weighted by Crippen LogP contribution is -2.64. The van der Waals surface area contributed by atoms with Crippen LogP contribution >= 0.6 is 12.4 Å². The number of ether oxygens (including phenoxy) is 1. The molecule has 2 amide bonds. The van der Waals surface area contributed by atoms with Gasteiger partial charge in [-0.25, -0.2) is 13.4 Å². The molecule has 2 aromatic rings. The molecule has 0 aromatic heterocycles. The fourth-order valence-electron chi connectivity index (χ4n) is 4.47. The first-order valence-electron chi connectivity index (χ1n) is 14.7. The van der Waals surface area contributed by atoms with Crippen LogP contribution in [0.3, 0.4) is 0 Å². The molecule has 2 rings (SSSR count). The summed E-state index contributed by atoms with van der Waals surface area (Å²) in [6.45, 7) is 8.94. The first-order chi connectivity index (χ1) is 20.3. The van der Waals surface area contributed by atoms with Crippen LogP contribution in [0.2, 0.25) is 0 Å². The highest BCUT2D eigenvalue weighted by Crippen LogP contribution is 2.23. The third-order valence-corrected chi connectivity index (χ3v) is 9.40. The molecule has 0 aliphatic heterocycles. The summed E-state index contributed by atoms with van der Waals surface area (Å²) in [7, 11) is -0.940. The Bertz CT molecular complexity index is 1270. The van der Waals surface area contributed by atoms with Crippen molar-refractivity contribution in [3.05, 3.63) is 60.2 Å². The zero-order valence-corrected chi connectivity index (χ0v) is 28.4. The maximum absolute atomic E-state index is 13.9. The summed E-state index contributed by atoms with van der Waals surface area (Å²) >= 11 is 0. The number of nitrogens with zero attached hydrogens (tertiary/aromatic N) is 2. The lowest BCUT2D eigenvalue weighted by Gasteiger charge is -2.39. The highest BCUT2D eigenvalue weighted by Gasteiger charge is 2.38. The SMILES string of the molecule is CC[C@H](C)[C@H](N)C(=O)N(NC(=O)[C@@H](C)NC)[C@@H](Cc1ccccc1)[C@H](O)CN(CC(C)C)S(=O)(=O)c1ccc(OC)cc1.Cl. The van der Waals surface area contributed by atoms with Gasteiger partial charge in [-0.05, 0) is 62.1 Å². The van der Waals surface area contributed by atoms with E-state index in [1.807, 2.05) is 58.0 Å². The number of carbonyl (C=O) groups is 2. The molecule has 0 aliphatic carbocycles. The van der Waals surface area contributed by atoms with E-state index < -0.39 is 46.1 Å². The van der Waals surface area contributed by atoms with Crippen molar-refractivity contribution in [3.8, 4) is 5.75 Å².